The summed E-state index contributed by atoms with van der Waals surface area (Å²) < 4.78 is 1.71. The second-order valence-corrected chi connectivity index (χ2v) is 5.70. The standard InChI is InChI=1S/C16H23ClN4O/c1-3-6-15-19-8-5-4-7-14(17)13(2)16(22)21(15)20-11-9-18-10-12-20/h4-5,7-8,18H,3,6,9-12H2,1-2H3. The van der Waals surface area contributed by atoms with Crippen LogP contribution in [0.4, 0.5) is 0 Å². The van der Waals surface area contributed by atoms with E-state index < -0.39 is 0 Å². The number of nitrogens with one attached hydrogen (secondary N) is 1. The zero-order valence-corrected chi connectivity index (χ0v) is 13.9. The van der Waals surface area contributed by atoms with Crippen molar-refractivity contribution in [3.05, 3.63) is 51.2 Å². The number of rotatable bonds is 3. The first-order valence-corrected chi connectivity index (χ1v) is 8.09. The number of halogens is 1. The molecule has 1 saturated heterocycles. The smallest absolute Gasteiger partial charge is 0.275 e. The quantitative estimate of drug-likeness (QED) is 0.922. The highest BCUT2D eigenvalue weighted by atomic mass is 35.5. The molecule has 1 N–H and O–H groups in total. The molecule has 22 heavy (non-hydrogen) atoms. The van der Waals surface area contributed by atoms with E-state index in [9.17, 15) is 4.79 Å². The summed E-state index contributed by atoms with van der Waals surface area (Å²) in [6, 6.07) is 5.35. The lowest BCUT2D eigenvalue weighted by molar-refractivity contribution is 0.464. The van der Waals surface area contributed by atoms with Gasteiger partial charge in [0.2, 0.25) is 0 Å². The molecule has 1 aliphatic rings. The number of hydrogen-bond donors (Lipinski definition) is 1. The maximum Gasteiger partial charge on any atom is 0.275 e. The van der Waals surface area contributed by atoms with Crippen molar-refractivity contribution in [3.8, 4) is 0 Å². The van der Waals surface area contributed by atoms with Crippen LogP contribution in [-0.2, 0) is 6.42 Å². The molecule has 0 aliphatic carbocycles. The number of hydrogen-bond acceptors (Lipinski definition) is 4. The second-order valence-electron chi connectivity index (χ2n) is 5.29. The summed E-state index contributed by atoms with van der Waals surface area (Å²) in [5.41, 5.74) is 0.439. The van der Waals surface area contributed by atoms with Gasteiger partial charge in [-0.2, -0.15) is 0 Å². The lowest BCUT2D eigenvalue weighted by atomic mass is 10.3. The molecule has 0 atom stereocenters. The third-order valence-electron chi connectivity index (χ3n) is 3.63. The van der Waals surface area contributed by atoms with Gasteiger partial charge < -0.3 is 10.3 Å². The molecule has 0 aromatic carbocycles. The average molecular weight is 323 g/mol. The van der Waals surface area contributed by atoms with E-state index in [0.29, 0.717) is 10.6 Å². The first-order chi connectivity index (χ1) is 10.6. The molecule has 0 unspecified atom stereocenters. The Labute approximate surface area is 136 Å². The first kappa shape index (κ1) is 16.8. The van der Waals surface area contributed by atoms with E-state index in [2.05, 4.69) is 22.2 Å². The van der Waals surface area contributed by atoms with Crippen LogP contribution in [0.1, 0.15) is 24.7 Å². The summed E-state index contributed by atoms with van der Waals surface area (Å²) in [7, 11) is 0. The summed E-state index contributed by atoms with van der Waals surface area (Å²) in [5.74, 6) is 0.768. The zero-order valence-electron chi connectivity index (χ0n) is 13.2. The fourth-order valence-electron chi connectivity index (χ4n) is 2.42. The Bertz CT molecular complexity index is 622. The summed E-state index contributed by atoms with van der Waals surface area (Å²) in [6.07, 6.45) is 3.39. The molecule has 0 radical (unpaired) electrons. The van der Waals surface area contributed by atoms with E-state index in [1.807, 2.05) is 6.07 Å². The molecular weight excluding hydrogens is 300 g/mol. The molecule has 0 saturated carbocycles. The Morgan fingerprint density at radius 3 is 2.73 bits per heavy atom. The predicted molar refractivity (Wildman–Crippen MR) is 90.7 cm³/mol. The van der Waals surface area contributed by atoms with Gasteiger partial charge in [0.1, 0.15) is 5.82 Å². The zero-order chi connectivity index (χ0) is 15.9. The van der Waals surface area contributed by atoms with Crippen LogP contribution in [0, 0.1) is 6.92 Å². The molecule has 1 aliphatic heterocycles. The first-order valence-electron chi connectivity index (χ1n) is 7.71. The second kappa shape index (κ2) is 8.15. The monoisotopic (exact) mass is 322 g/mol. The van der Waals surface area contributed by atoms with Crippen LogP contribution in [-0.4, -0.2) is 35.8 Å². The van der Waals surface area contributed by atoms with Gasteiger partial charge in [0.15, 0.2) is 0 Å². The van der Waals surface area contributed by atoms with Crippen LogP contribution in [0.15, 0.2) is 29.2 Å². The Morgan fingerprint density at radius 1 is 1.32 bits per heavy atom. The van der Waals surface area contributed by atoms with Crippen molar-refractivity contribution >= 4 is 11.6 Å². The highest BCUT2D eigenvalue weighted by Gasteiger charge is 2.15. The fraction of sp³-hybridized carbons (Fsp3) is 0.500. The third kappa shape index (κ3) is 3.99. The fourth-order valence-corrected chi connectivity index (χ4v) is 2.57. The van der Waals surface area contributed by atoms with E-state index in [1.165, 1.54) is 0 Å². The van der Waals surface area contributed by atoms with Crippen LogP contribution in [0.5, 0.6) is 0 Å². The molecule has 120 valence electrons. The van der Waals surface area contributed by atoms with E-state index >= 15 is 0 Å². The molecule has 5 nitrogen and oxygen atoms in total. The molecule has 0 bridgehead atoms. The van der Waals surface area contributed by atoms with Crippen LogP contribution in [0.25, 0.3) is 0 Å². The van der Waals surface area contributed by atoms with Gasteiger partial charge in [-0.25, -0.2) is 9.66 Å². The van der Waals surface area contributed by atoms with Gasteiger partial charge in [-0.15, -0.1) is 0 Å². The van der Waals surface area contributed by atoms with Crippen LogP contribution < -0.4 is 15.9 Å². The lowest BCUT2D eigenvalue weighted by Crippen LogP contribution is -2.53. The summed E-state index contributed by atoms with van der Waals surface area (Å²) >= 11 is 6.23. The highest BCUT2D eigenvalue weighted by molar-refractivity contribution is 6.31. The van der Waals surface area contributed by atoms with Crippen LogP contribution >= 0.6 is 11.6 Å². The molecule has 0 spiro atoms. The summed E-state index contributed by atoms with van der Waals surface area (Å²) in [5, 5.41) is 5.82. The number of nitrogens with zero attached hydrogens (tertiary/aromatic N) is 3. The molecule has 0 amide bonds. The Kier molecular flexibility index (Phi) is 6.21. The number of piperazine rings is 1. The van der Waals surface area contributed by atoms with Crippen molar-refractivity contribution in [3.63, 3.8) is 0 Å². The van der Waals surface area contributed by atoms with Crippen LogP contribution in [0.3, 0.4) is 0 Å². The van der Waals surface area contributed by atoms with Gasteiger partial charge in [-0.05, 0) is 25.5 Å². The molecule has 2 heterocycles. The van der Waals surface area contributed by atoms with Crippen molar-refractivity contribution in [2.24, 2.45) is 0 Å². The van der Waals surface area contributed by atoms with E-state index in [-0.39, 0.29) is 5.56 Å². The summed E-state index contributed by atoms with van der Waals surface area (Å²) in [6.45, 7) is 7.11. The van der Waals surface area contributed by atoms with Gasteiger partial charge in [0.25, 0.3) is 5.56 Å². The number of aryl methyl sites for hydroxylation is 1. The summed E-state index contributed by atoms with van der Waals surface area (Å²) in [4.78, 5) is 17.4. The maximum absolute atomic E-state index is 12.9. The van der Waals surface area contributed by atoms with Crippen LogP contribution in [0.2, 0.25) is 5.02 Å². The minimum atomic E-state index is -0.0981. The van der Waals surface area contributed by atoms with Crippen molar-refractivity contribution in [2.75, 3.05) is 31.2 Å². The molecule has 6 heteroatoms. The minimum Gasteiger partial charge on any atom is -0.313 e. The van der Waals surface area contributed by atoms with Gasteiger partial charge >= 0.3 is 0 Å². The van der Waals surface area contributed by atoms with Crippen molar-refractivity contribution < 1.29 is 0 Å². The van der Waals surface area contributed by atoms with E-state index in [4.69, 9.17) is 11.6 Å². The topological polar surface area (TPSA) is 50.2 Å². The van der Waals surface area contributed by atoms with E-state index in [1.54, 1.807) is 29.9 Å². The maximum atomic E-state index is 12.9. The Balaban J connectivity index is 2.73. The molecule has 1 fully saturated rings. The Hall–Kier alpha value is -1.59. The molecule has 2 rings (SSSR count). The van der Waals surface area contributed by atoms with Crippen molar-refractivity contribution in [2.45, 2.75) is 26.7 Å². The van der Waals surface area contributed by atoms with Gasteiger partial charge in [-0.3, -0.25) is 4.79 Å². The molecule has 1 aromatic heterocycles. The van der Waals surface area contributed by atoms with Crippen molar-refractivity contribution in [1.29, 1.82) is 0 Å². The largest absolute Gasteiger partial charge is 0.313 e. The Morgan fingerprint density at radius 2 is 2.05 bits per heavy atom. The lowest BCUT2D eigenvalue weighted by Gasteiger charge is -2.31. The normalized spacial score (nSPS) is 14.6. The van der Waals surface area contributed by atoms with Gasteiger partial charge in [0, 0.05) is 49.4 Å². The number of aromatic nitrogens is 2. The average Bonchev–Trinajstić information content (AvgIpc) is 2.54. The predicted octanol–water partition coefficient (Wildman–Crippen LogP) is 1.82. The highest BCUT2D eigenvalue weighted by Crippen LogP contribution is 2.08. The molecular formula is C16H23ClN4O. The SMILES string of the molecule is CCCc1nccccc(Cl)c(C)c(=O)n1N1CCNCC1. The van der Waals surface area contributed by atoms with Gasteiger partial charge in [0.05, 0.1) is 0 Å². The van der Waals surface area contributed by atoms with E-state index in [0.717, 1.165) is 44.8 Å². The van der Waals surface area contributed by atoms with Crippen molar-refractivity contribution in [1.82, 2.24) is 15.0 Å². The third-order valence-corrected chi connectivity index (χ3v) is 4.04. The molecule has 1 aromatic rings. The van der Waals surface area contributed by atoms with Gasteiger partial charge in [-0.1, -0.05) is 24.6 Å². The minimum absolute atomic E-state index is 0.0981.